The fraction of sp³-hybridized carbons (Fsp3) is 0.667. The van der Waals surface area contributed by atoms with Gasteiger partial charge in [0.15, 0.2) is 0 Å². The van der Waals surface area contributed by atoms with Crippen LogP contribution in [0.15, 0.2) is 17.5 Å². The van der Waals surface area contributed by atoms with E-state index in [0.29, 0.717) is 12.0 Å². The monoisotopic (exact) mass is 227 g/mol. The van der Waals surface area contributed by atoms with Gasteiger partial charge in [0.2, 0.25) is 0 Å². The second kappa shape index (κ2) is 6.26. The summed E-state index contributed by atoms with van der Waals surface area (Å²) in [6.07, 6.45) is 0.239. The zero-order valence-corrected chi connectivity index (χ0v) is 10.8. The van der Waals surface area contributed by atoms with E-state index in [4.69, 9.17) is 4.74 Å². The molecule has 1 N–H and O–H groups in total. The van der Waals surface area contributed by atoms with Gasteiger partial charge in [-0.05, 0) is 23.9 Å². The number of hydrogen-bond donors (Lipinski definition) is 1. The summed E-state index contributed by atoms with van der Waals surface area (Å²) in [6.45, 7) is 7.50. The normalized spacial score (nSPS) is 15.5. The van der Waals surface area contributed by atoms with E-state index in [-0.39, 0.29) is 6.10 Å². The molecular formula is C12H21NOS. The van der Waals surface area contributed by atoms with E-state index >= 15 is 0 Å². The summed E-state index contributed by atoms with van der Waals surface area (Å²) in [6, 6.07) is 4.59. The third-order valence-electron chi connectivity index (χ3n) is 2.53. The second-order valence-electron chi connectivity index (χ2n) is 4.00. The predicted octanol–water partition coefficient (Wildman–Crippen LogP) is 3.07. The van der Waals surface area contributed by atoms with E-state index in [1.807, 2.05) is 0 Å². The number of hydrogen-bond acceptors (Lipinski definition) is 3. The molecule has 1 aromatic heterocycles. The fourth-order valence-electron chi connectivity index (χ4n) is 1.86. The Hall–Kier alpha value is -0.380. The van der Waals surface area contributed by atoms with E-state index in [2.05, 4.69) is 43.6 Å². The quantitative estimate of drug-likeness (QED) is 0.806. The highest BCUT2D eigenvalue weighted by Gasteiger charge is 2.25. The molecule has 1 heterocycles. The van der Waals surface area contributed by atoms with Crippen LogP contribution in [0, 0.1) is 5.92 Å². The van der Waals surface area contributed by atoms with Crippen molar-refractivity contribution in [2.45, 2.75) is 32.9 Å². The molecule has 2 atom stereocenters. The number of likely N-dealkylation sites (N-methyl/N-ethyl adjacent to an activating group) is 1. The molecule has 0 radical (unpaired) electrons. The highest BCUT2D eigenvalue weighted by atomic mass is 32.1. The number of nitrogens with one attached hydrogen (secondary N) is 1. The number of rotatable bonds is 6. The maximum atomic E-state index is 5.59. The van der Waals surface area contributed by atoms with E-state index in [1.54, 1.807) is 18.4 Å². The number of ether oxygens (including phenoxy) is 1. The van der Waals surface area contributed by atoms with E-state index in [0.717, 1.165) is 6.54 Å². The van der Waals surface area contributed by atoms with Crippen LogP contribution in [0.5, 0.6) is 0 Å². The Kier molecular flexibility index (Phi) is 5.29. The smallest absolute Gasteiger partial charge is 0.0796 e. The van der Waals surface area contributed by atoms with Gasteiger partial charge in [-0.25, -0.2) is 0 Å². The maximum absolute atomic E-state index is 5.59. The summed E-state index contributed by atoms with van der Waals surface area (Å²) in [5.41, 5.74) is 0. The molecule has 0 fully saturated rings. The van der Waals surface area contributed by atoms with Crippen molar-refractivity contribution < 1.29 is 4.74 Å². The van der Waals surface area contributed by atoms with E-state index in [9.17, 15) is 0 Å². The molecule has 3 heteroatoms. The molecule has 0 aromatic carbocycles. The van der Waals surface area contributed by atoms with Gasteiger partial charge in [0.1, 0.15) is 0 Å². The van der Waals surface area contributed by atoms with Crippen molar-refractivity contribution in [1.29, 1.82) is 0 Å². The van der Waals surface area contributed by atoms with Crippen LogP contribution < -0.4 is 5.32 Å². The molecule has 1 aromatic rings. The van der Waals surface area contributed by atoms with Gasteiger partial charge < -0.3 is 10.1 Å². The van der Waals surface area contributed by atoms with Crippen molar-refractivity contribution >= 4 is 11.3 Å². The highest BCUT2D eigenvalue weighted by molar-refractivity contribution is 7.10. The van der Waals surface area contributed by atoms with Crippen molar-refractivity contribution in [3.8, 4) is 0 Å². The molecule has 0 saturated heterocycles. The number of methoxy groups -OCH3 is 1. The van der Waals surface area contributed by atoms with Gasteiger partial charge in [-0.3, -0.25) is 0 Å². The van der Waals surface area contributed by atoms with E-state index < -0.39 is 0 Å². The average Bonchev–Trinajstić information content (AvgIpc) is 2.69. The van der Waals surface area contributed by atoms with Crippen LogP contribution in [0.25, 0.3) is 0 Å². The molecular weight excluding hydrogens is 206 g/mol. The Morgan fingerprint density at radius 2 is 2.20 bits per heavy atom. The lowest BCUT2D eigenvalue weighted by molar-refractivity contribution is 0.0341. The van der Waals surface area contributed by atoms with Crippen LogP contribution in [-0.2, 0) is 4.74 Å². The second-order valence-corrected chi connectivity index (χ2v) is 4.97. The molecule has 0 aliphatic carbocycles. The molecule has 0 saturated carbocycles. The Bertz CT molecular complexity index is 259. The highest BCUT2D eigenvalue weighted by Crippen LogP contribution is 2.27. The van der Waals surface area contributed by atoms with Gasteiger partial charge in [-0.1, -0.05) is 26.8 Å². The van der Waals surface area contributed by atoms with Crippen LogP contribution in [0.4, 0.5) is 0 Å². The Morgan fingerprint density at radius 3 is 2.60 bits per heavy atom. The molecule has 0 spiro atoms. The summed E-state index contributed by atoms with van der Waals surface area (Å²) in [5, 5.41) is 5.62. The first-order chi connectivity index (χ1) is 7.20. The minimum Gasteiger partial charge on any atom is -0.379 e. The molecule has 0 aliphatic rings. The van der Waals surface area contributed by atoms with Crippen LogP contribution in [0.1, 0.15) is 31.7 Å². The van der Waals surface area contributed by atoms with E-state index in [1.165, 1.54) is 4.88 Å². The Balaban J connectivity index is 2.81. The van der Waals surface area contributed by atoms with Crippen LogP contribution in [0.3, 0.4) is 0 Å². The minimum atomic E-state index is 0.239. The summed E-state index contributed by atoms with van der Waals surface area (Å²) in [5.74, 6) is 0.515. The van der Waals surface area contributed by atoms with Crippen molar-refractivity contribution in [2.24, 2.45) is 5.92 Å². The molecule has 0 aliphatic heterocycles. The first-order valence-corrected chi connectivity index (χ1v) is 6.38. The van der Waals surface area contributed by atoms with Gasteiger partial charge in [0.05, 0.1) is 12.1 Å². The Morgan fingerprint density at radius 1 is 1.47 bits per heavy atom. The molecule has 1 rings (SSSR count). The van der Waals surface area contributed by atoms with Gasteiger partial charge in [0.25, 0.3) is 0 Å². The van der Waals surface area contributed by atoms with Crippen LogP contribution >= 0.6 is 11.3 Å². The molecule has 2 nitrogen and oxygen atoms in total. The minimum absolute atomic E-state index is 0.239. The molecule has 2 unspecified atom stereocenters. The number of thiophene rings is 1. The van der Waals surface area contributed by atoms with Crippen molar-refractivity contribution in [3.05, 3.63) is 22.4 Å². The summed E-state index contributed by atoms with van der Waals surface area (Å²) in [4.78, 5) is 1.36. The van der Waals surface area contributed by atoms with Crippen LogP contribution in [0.2, 0.25) is 0 Å². The summed E-state index contributed by atoms with van der Waals surface area (Å²) < 4.78 is 5.59. The largest absolute Gasteiger partial charge is 0.379 e. The van der Waals surface area contributed by atoms with Gasteiger partial charge >= 0.3 is 0 Å². The molecule has 15 heavy (non-hydrogen) atoms. The first kappa shape index (κ1) is 12.7. The standard InChI is InChI=1S/C12H21NOS/c1-5-13-11(10-7-6-8-15-10)12(14-4)9(2)3/h6-9,11-13H,5H2,1-4H3. The van der Waals surface area contributed by atoms with Gasteiger partial charge in [-0.2, -0.15) is 0 Å². The molecule has 0 amide bonds. The maximum Gasteiger partial charge on any atom is 0.0796 e. The first-order valence-electron chi connectivity index (χ1n) is 5.50. The zero-order chi connectivity index (χ0) is 11.3. The molecule has 0 bridgehead atoms. The van der Waals surface area contributed by atoms with Crippen molar-refractivity contribution in [1.82, 2.24) is 5.32 Å². The third-order valence-corrected chi connectivity index (χ3v) is 3.49. The van der Waals surface area contributed by atoms with Crippen molar-refractivity contribution in [3.63, 3.8) is 0 Å². The third kappa shape index (κ3) is 3.30. The lowest BCUT2D eigenvalue weighted by Gasteiger charge is -2.28. The molecule has 86 valence electrons. The summed E-state index contributed by atoms with van der Waals surface area (Å²) in [7, 11) is 1.79. The summed E-state index contributed by atoms with van der Waals surface area (Å²) >= 11 is 1.79. The lowest BCUT2D eigenvalue weighted by atomic mass is 9.98. The SMILES string of the molecule is CCNC(c1cccs1)C(OC)C(C)C. The van der Waals surface area contributed by atoms with Crippen molar-refractivity contribution in [2.75, 3.05) is 13.7 Å². The Labute approximate surface area is 96.7 Å². The van der Waals surface area contributed by atoms with Gasteiger partial charge in [-0.15, -0.1) is 11.3 Å². The topological polar surface area (TPSA) is 21.3 Å². The van der Waals surface area contributed by atoms with Crippen LogP contribution in [-0.4, -0.2) is 19.8 Å². The zero-order valence-electron chi connectivity index (χ0n) is 9.99. The van der Waals surface area contributed by atoms with Gasteiger partial charge in [0, 0.05) is 12.0 Å². The predicted molar refractivity (Wildman–Crippen MR) is 66.4 cm³/mol. The lowest BCUT2D eigenvalue weighted by Crippen LogP contribution is -2.36. The fourth-order valence-corrected chi connectivity index (χ4v) is 2.70. The average molecular weight is 227 g/mol.